The highest BCUT2D eigenvalue weighted by molar-refractivity contribution is 5.81. The molecule has 5 nitrogen and oxygen atoms in total. The maximum absolute atomic E-state index is 10.6. The van der Waals surface area contributed by atoms with Crippen LogP contribution in [0.5, 0.6) is 0 Å². The van der Waals surface area contributed by atoms with E-state index in [4.69, 9.17) is 9.84 Å². The zero-order chi connectivity index (χ0) is 11.0. The summed E-state index contributed by atoms with van der Waals surface area (Å²) in [5.41, 5.74) is 0. The lowest BCUT2D eigenvalue weighted by Crippen LogP contribution is -2.25. The van der Waals surface area contributed by atoms with Crippen LogP contribution in [0.25, 0.3) is 0 Å². The smallest absolute Gasteiger partial charge is 0.330 e. The maximum atomic E-state index is 10.6. The number of aliphatic hydroxyl groups is 2. The monoisotopic (exact) mass is 204 g/mol. The molecular weight excluding hydrogens is 188 g/mol. The van der Waals surface area contributed by atoms with Crippen molar-refractivity contribution in [3.63, 3.8) is 0 Å². The quantitative estimate of drug-likeness (QED) is 0.431. The molecule has 14 heavy (non-hydrogen) atoms. The zero-order valence-corrected chi connectivity index (χ0v) is 8.18. The molecular formula is C9H16O5. The number of esters is 1. The fraction of sp³-hybridized carbons (Fsp3) is 0.667. The molecule has 0 bridgehead atoms. The van der Waals surface area contributed by atoms with Gasteiger partial charge in [-0.2, -0.15) is 0 Å². The molecule has 0 aliphatic rings. The van der Waals surface area contributed by atoms with E-state index >= 15 is 0 Å². The van der Waals surface area contributed by atoms with Gasteiger partial charge in [0.2, 0.25) is 0 Å². The van der Waals surface area contributed by atoms with Gasteiger partial charge >= 0.3 is 5.97 Å². The van der Waals surface area contributed by atoms with Crippen molar-refractivity contribution in [2.75, 3.05) is 19.8 Å². The lowest BCUT2D eigenvalue weighted by molar-refractivity contribution is -0.142. The summed E-state index contributed by atoms with van der Waals surface area (Å²) in [6, 6.07) is 0. The fourth-order valence-electron chi connectivity index (χ4n) is 0.660. The van der Waals surface area contributed by atoms with Crippen LogP contribution in [-0.2, 0) is 14.3 Å². The molecule has 0 amide bonds. The van der Waals surface area contributed by atoms with Gasteiger partial charge < -0.3 is 19.7 Å². The van der Waals surface area contributed by atoms with Crippen LogP contribution in [0, 0.1) is 0 Å². The molecule has 0 aromatic heterocycles. The van der Waals surface area contributed by atoms with Gasteiger partial charge in [0, 0.05) is 6.08 Å². The van der Waals surface area contributed by atoms with E-state index in [0.29, 0.717) is 0 Å². The zero-order valence-electron chi connectivity index (χ0n) is 8.18. The van der Waals surface area contributed by atoms with Crippen molar-refractivity contribution in [3.05, 3.63) is 12.7 Å². The molecule has 2 atom stereocenters. The summed E-state index contributed by atoms with van der Waals surface area (Å²) < 4.78 is 9.47. The molecule has 2 unspecified atom stereocenters. The Morgan fingerprint density at radius 1 is 1.43 bits per heavy atom. The van der Waals surface area contributed by atoms with E-state index in [0.717, 1.165) is 6.08 Å². The maximum Gasteiger partial charge on any atom is 0.330 e. The van der Waals surface area contributed by atoms with Gasteiger partial charge in [-0.25, -0.2) is 4.79 Å². The normalized spacial score (nSPS) is 14.5. The number of carbonyl (C=O) groups excluding carboxylic acids is 1. The van der Waals surface area contributed by atoms with Crippen LogP contribution in [0.2, 0.25) is 0 Å². The molecule has 0 aliphatic carbocycles. The highest BCUT2D eigenvalue weighted by atomic mass is 16.5. The van der Waals surface area contributed by atoms with Crippen LogP contribution in [0.3, 0.4) is 0 Å². The summed E-state index contributed by atoms with van der Waals surface area (Å²) in [4.78, 5) is 10.6. The number of hydrogen-bond acceptors (Lipinski definition) is 5. The van der Waals surface area contributed by atoms with Crippen molar-refractivity contribution >= 4 is 5.97 Å². The first kappa shape index (κ1) is 13.1. The minimum Gasteiger partial charge on any atom is -0.460 e. The van der Waals surface area contributed by atoms with Crippen LogP contribution in [0.4, 0.5) is 0 Å². The third-order valence-corrected chi connectivity index (χ3v) is 1.25. The second-order valence-corrected chi connectivity index (χ2v) is 2.87. The second-order valence-electron chi connectivity index (χ2n) is 2.87. The first-order chi connectivity index (χ1) is 6.56. The molecule has 0 saturated heterocycles. The Bertz CT molecular complexity index is 178. The van der Waals surface area contributed by atoms with Gasteiger partial charge in [-0.3, -0.25) is 0 Å². The summed E-state index contributed by atoms with van der Waals surface area (Å²) in [6.07, 6.45) is -0.431. The highest BCUT2D eigenvalue weighted by Gasteiger charge is 2.07. The summed E-state index contributed by atoms with van der Waals surface area (Å²) >= 11 is 0. The van der Waals surface area contributed by atoms with Gasteiger partial charge in [0.25, 0.3) is 0 Å². The Morgan fingerprint density at radius 3 is 2.57 bits per heavy atom. The average Bonchev–Trinajstić information content (AvgIpc) is 2.13. The Kier molecular flexibility index (Phi) is 7.00. The van der Waals surface area contributed by atoms with Crippen molar-refractivity contribution < 1.29 is 24.5 Å². The summed E-state index contributed by atoms with van der Waals surface area (Å²) in [5, 5.41) is 18.0. The van der Waals surface area contributed by atoms with E-state index < -0.39 is 18.2 Å². The molecule has 2 N–H and O–H groups in total. The van der Waals surface area contributed by atoms with Crippen LogP contribution < -0.4 is 0 Å². The first-order valence-corrected chi connectivity index (χ1v) is 4.29. The van der Waals surface area contributed by atoms with E-state index in [1.54, 1.807) is 6.92 Å². The first-order valence-electron chi connectivity index (χ1n) is 4.29. The number of aliphatic hydroxyl groups excluding tert-OH is 2. The van der Waals surface area contributed by atoms with Gasteiger partial charge in [0.15, 0.2) is 0 Å². The molecule has 0 aromatic rings. The lowest BCUT2D eigenvalue weighted by Gasteiger charge is -2.11. The van der Waals surface area contributed by atoms with E-state index in [1.807, 2.05) is 0 Å². The minimum absolute atomic E-state index is 0.0231. The van der Waals surface area contributed by atoms with Crippen molar-refractivity contribution in [1.29, 1.82) is 0 Å². The third-order valence-electron chi connectivity index (χ3n) is 1.25. The van der Waals surface area contributed by atoms with E-state index in [2.05, 4.69) is 11.3 Å². The van der Waals surface area contributed by atoms with Gasteiger partial charge in [-0.1, -0.05) is 6.58 Å². The predicted octanol–water partition coefficient (Wildman–Crippen LogP) is -0.526. The van der Waals surface area contributed by atoms with Crippen molar-refractivity contribution in [1.82, 2.24) is 0 Å². The van der Waals surface area contributed by atoms with E-state index in [1.165, 1.54) is 0 Å². The second kappa shape index (κ2) is 7.49. The van der Waals surface area contributed by atoms with Crippen LogP contribution in [-0.4, -0.2) is 48.2 Å². The van der Waals surface area contributed by atoms with Gasteiger partial charge in [-0.05, 0) is 6.92 Å². The number of hydrogen-bond donors (Lipinski definition) is 2. The molecule has 0 heterocycles. The predicted molar refractivity (Wildman–Crippen MR) is 49.7 cm³/mol. The van der Waals surface area contributed by atoms with Gasteiger partial charge in [0.1, 0.15) is 12.7 Å². The van der Waals surface area contributed by atoms with Crippen LogP contribution in [0.15, 0.2) is 12.7 Å². The lowest BCUT2D eigenvalue weighted by atomic mass is 10.4. The van der Waals surface area contributed by atoms with Gasteiger partial charge in [-0.15, -0.1) is 0 Å². The molecule has 0 spiro atoms. The molecule has 0 aromatic carbocycles. The fourth-order valence-corrected chi connectivity index (χ4v) is 0.660. The van der Waals surface area contributed by atoms with Crippen molar-refractivity contribution in [2.24, 2.45) is 0 Å². The SMILES string of the molecule is C=CC(=O)OCC(O)COCC(C)O. The summed E-state index contributed by atoms with van der Waals surface area (Å²) in [6.45, 7) is 4.81. The van der Waals surface area contributed by atoms with Crippen LogP contribution in [0.1, 0.15) is 6.92 Å². The number of rotatable bonds is 7. The summed E-state index contributed by atoms with van der Waals surface area (Å²) in [7, 11) is 0. The topological polar surface area (TPSA) is 76.0 Å². The molecule has 0 radical (unpaired) electrons. The molecule has 0 rings (SSSR count). The Balaban J connectivity index is 3.41. The molecule has 5 heteroatoms. The average molecular weight is 204 g/mol. The van der Waals surface area contributed by atoms with Crippen LogP contribution >= 0.6 is 0 Å². The van der Waals surface area contributed by atoms with E-state index in [-0.39, 0.29) is 19.8 Å². The molecule has 0 aliphatic heterocycles. The Morgan fingerprint density at radius 2 is 2.07 bits per heavy atom. The number of carbonyl (C=O) groups is 1. The standard InChI is InChI=1S/C9H16O5/c1-3-9(12)14-6-8(11)5-13-4-7(2)10/h3,7-8,10-11H,1,4-6H2,2H3. The minimum atomic E-state index is -0.877. The molecule has 0 fully saturated rings. The summed E-state index contributed by atoms with van der Waals surface area (Å²) in [5.74, 6) is -0.584. The van der Waals surface area contributed by atoms with Crippen molar-refractivity contribution in [3.8, 4) is 0 Å². The Labute approximate surface area is 82.9 Å². The molecule has 0 saturated carbocycles. The largest absolute Gasteiger partial charge is 0.460 e. The Hall–Kier alpha value is -0.910. The highest BCUT2D eigenvalue weighted by Crippen LogP contribution is 1.90. The molecule has 82 valence electrons. The third kappa shape index (κ3) is 7.72. The van der Waals surface area contributed by atoms with Gasteiger partial charge in [0.05, 0.1) is 19.3 Å². The van der Waals surface area contributed by atoms with E-state index in [9.17, 15) is 9.90 Å². The number of ether oxygens (including phenoxy) is 2. The van der Waals surface area contributed by atoms with Crippen molar-refractivity contribution in [2.45, 2.75) is 19.1 Å².